The molecule has 0 bridgehead atoms. The van der Waals surface area contributed by atoms with Crippen molar-refractivity contribution in [3.05, 3.63) is 71.3 Å². The van der Waals surface area contributed by atoms with Crippen molar-refractivity contribution in [2.45, 2.75) is 44.8 Å². The predicted octanol–water partition coefficient (Wildman–Crippen LogP) is 2.49. The zero-order valence-corrected chi connectivity index (χ0v) is 19.7. The minimum atomic E-state index is -2.00. The van der Waals surface area contributed by atoms with Crippen molar-refractivity contribution in [1.29, 1.82) is 0 Å². The van der Waals surface area contributed by atoms with Crippen molar-refractivity contribution < 1.29 is 38.1 Å². The van der Waals surface area contributed by atoms with Crippen LogP contribution < -0.4 is 5.32 Å². The Kier molecular flexibility index (Phi) is 6.45. The van der Waals surface area contributed by atoms with Crippen molar-refractivity contribution in [1.82, 2.24) is 5.32 Å². The molecule has 0 spiro atoms. The first kappa shape index (κ1) is 24.2. The minimum absolute atomic E-state index is 0.364. The van der Waals surface area contributed by atoms with Gasteiger partial charge in [-0.25, -0.2) is 0 Å². The van der Waals surface area contributed by atoms with Crippen LogP contribution in [-0.2, 0) is 33.3 Å². The summed E-state index contributed by atoms with van der Waals surface area (Å²) in [4.78, 5) is 49.9. The monoisotopic (exact) mass is 479 g/mol. The molecule has 9 heteroatoms. The van der Waals surface area contributed by atoms with E-state index in [1.165, 1.54) is 27.9 Å². The second-order valence-electron chi connectivity index (χ2n) is 8.22. The molecule has 0 fully saturated rings. The maximum atomic E-state index is 13.1. The van der Waals surface area contributed by atoms with Crippen molar-refractivity contribution in [2.75, 3.05) is 7.11 Å². The molecule has 2 aromatic rings. The third kappa shape index (κ3) is 4.19. The van der Waals surface area contributed by atoms with Crippen LogP contribution in [0.15, 0.2) is 54.6 Å². The van der Waals surface area contributed by atoms with Crippen molar-refractivity contribution in [3.63, 3.8) is 0 Å². The molecule has 2 aliphatic rings. The molecule has 1 aliphatic heterocycles. The summed E-state index contributed by atoms with van der Waals surface area (Å²) in [7, 11) is 1.31. The summed E-state index contributed by atoms with van der Waals surface area (Å²) < 4.78 is 23.0. The number of benzene rings is 2. The number of esters is 3. The lowest BCUT2D eigenvalue weighted by Crippen LogP contribution is -2.66. The molecule has 9 nitrogen and oxygen atoms in total. The first-order chi connectivity index (χ1) is 16.7. The van der Waals surface area contributed by atoms with Gasteiger partial charge in [0.1, 0.15) is 0 Å². The lowest BCUT2D eigenvalue weighted by Gasteiger charge is -2.50. The van der Waals surface area contributed by atoms with Gasteiger partial charge in [0.2, 0.25) is 6.10 Å². The summed E-state index contributed by atoms with van der Waals surface area (Å²) in [5, 5.41) is 2.89. The molecule has 0 saturated heterocycles. The van der Waals surface area contributed by atoms with E-state index < -0.39 is 47.9 Å². The van der Waals surface area contributed by atoms with Crippen LogP contribution in [0.2, 0.25) is 0 Å². The molecule has 1 N–H and O–H groups in total. The number of rotatable bonds is 5. The SMILES string of the molecule is COC1(OC(C)=O)C(c2ccccc2)=C2c3ccccc3C(=O)NC2C(OC(C)=O)C1OC(C)=O. The smallest absolute Gasteiger partial charge is 0.305 e. The highest BCUT2D eigenvalue weighted by Crippen LogP contribution is 2.50. The molecule has 1 amide bonds. The Morgan fingerprint density at radius 1 is 0.829 bits per heavy atom. The highest BCUT2D eigenvalue weighted by molar-refractivity contribution is 6.10. The van der Waals surface area contributed by atoms with Gasteiger partial charge in [0.05, 0.1) is 6.04 Å². The fourth-order valence-electron chi connectivity index (χ4n) is 4.82. The standard InChI is InChI=1S/C26H25NO8/c1-14(28)33-23-22-20(18-12-8-9-13-19(18)25(31)27-22)21(17-10-6-5-7-11-17)26(32-4,35-16(3)30)24(23)34-15(2)29/h5-13,22-24H,1-4H3,(H,27,31). The summed E-state index contributed by atoms with van der Waals surface area (Å²) in [6, 6.07) is 14.9. The number of carbonyl (C=O) groups is 4. The number of methoxy groups -OCH3 is 1. The fraction of sp³-hybridized carbons (Fsp3) is 0.308. The van der Waals surface area contributed by atoms with Crippen LogP contribution >= 0.6 is 0 Å². The van der Waals surface area contributed by atoms with E-state index in [2.05, 4.69) is 5.32 Å². The van der Waals surface area contributed by atoms with E-state index in [-0.39, 0.29) is 0 Å². The van der Waals surface area contributed by atoms with Gasteiger partial charge in [-0.2, -0.15) is 0 Å². The molecule has 35 heavy (non-hydrogen) atoms. The number of amides is 1. The second kappa shape index (κ2) is 9.34. The van der Waals surface area contributed by atoms with Crippen LogP contribution in [0, 0.1) is 0 Å². The Morgan fingerprint density at radius 2 is 1.43 bits per heavy atom. The molecule has 0 radical (unpaired) electrons. The Balaban J connectivity index is 2.16. The van der Waals surface area contributed by atoms with Gasteiger partial charge in [-0.05, 0) is 22.8 Å². The molecule has 4 rings (SSSR count). The Morgan fingerprint density at radius 3 is 2.00 bits per heavy atom. The highest BCUT2D eigenvalue weighted by Gasteiger charge is 2.62. The van der Waals surface area contributed by atoms with E-state index in [0.717, 1.165) is 0 Å². The minimum Gasteiger partial charge on any atom is -0.456 e. The van der Waals surface area contributed by atoms with E-state index in [9.17, 15) is 19.2 Å². The third-order valence-electron chi connectivity index (χ3n) is 5.93. The summed E-state index contributed by atoms with van der Waals surface area (Å²) in [5.74, 6) is -4.52. The van der Waals surface area contributed by atoms with Crippen molar-refractivity contribution >= 4 is 35.0 Å². The van der Waals surface area contributed by atoms with Crippen LogP contribution in [0.25, 0.3) is 11.1 Å². The van der Waals surface area contributed by atoms with Gasteiger partial charge in [0, 0.05) is 39.0 Å². The topological polar surface area (TPSA) is 117 Å². The quantitative estimate of drug-likeness (QED) is 0.395. The Hall–Kier alpha value is -3.98. The molecular weight excluding hydrogens is 454 g/mol. The number of hydrogen-bond acceptors (Lipinski definition) is 8. The van der Waals surface area contributed by atoms with Crippen LogP contribution in [0.3, 0.4) is 0 Å². The van der Waals surface area contributed by atoms with Gasteiger partial charge in [-0.15, -0.1) is 0 Å². The van der Waals surface area contributed by atoms with Gasteiger partial charge in [0.25, 0.3) is 11.7 Å². The average Bonchev–Trinajstić information content (AvgIpc) is 2.81. The summed E-state index contributed by atoms with van der Waals surface area (Å²) in [6.45, 7) is 3.57. The second-order valence-corrected chi connectivity index (χ2v) is 8.22. The van der Waals surface area contributed by atoms with E-state index >= 15 is 0 Å². The maximum absolute atomic E-state index is 13.1. The predicted molar refractivity (Wildman–Crippen MR) is 124 cm³/mol. The van der Waals surface area contributed by atoms with Crippen LogP contribution in [-0.4, -0.2) is 55.0 Å². The molecular formula is C26H25NO8. The number of carbonyl (C=O) groups excluding carboxylic acids is 4. The molecule has 4 unspecified atom stereocenters. The number of fused-ring (bicyclic) bond motifs is 3. The van der Waals surface area contributed by atoms with Gasteiger partial charge >= 0.3 is 17.9 Å². The lowest BCUT2D eigenvalue weighted by molar-refractivity contribution is -0.256. The van der Waals surface area contributed by atoms with E-state index in [1.807, 2.05) is 6.07 Å². The van der Waals surface area contributed by atoms with Crippen LogP contribution in [0.1, 0.15) is 42.3 Å². The molecule has 0 saturated carbocycles. The van der Waals surface area contributed by atoms with Gasteiger partial charge < -0.3 is 24.3 Å². The molecule has 1 heterocycles. The average molecular weight is 479 g/mol. The summed E-state index contributed by atoms with van der Waals surface area (Å²) in [5.41, 5.74) is 2.41. The fourth-order valence-corrected chi connectivity index (χ4v) is 4.82. The summed E-state index contributed by atoms with van der Waals surface area (Å²) in [6.07, 6.45) is -2.71. The normalized spacial score (nSPS) is 25.0. The van der Waals surface area contributed by atoms with Gasteiger partial charge in [0.15, 0.2) is 6.10 Å². The summed E-state index contributed by atoms with van der Waals surface area (Å²) >= 11 is 0. The number of nitrogens with one attached hydrogen (secondary N) is 1. The van der Waals surface area contributed by atoms with Crippen LogP contribution in [0.5, 0.6) is 0 Å². The molecule has 1 aliphatic carbocycles. The van der Waals surface area contributed by atoms with E-state index in [0.29, 0.717) is 27.8 Å². The Labute approximate surface area is 202 Å². The highest BCUT2D eigenvalue weighted by atomic mass is 16.7. The number of ether oxygens (including phenoxy) is 4. The maximum Gasteiger partial charge on any atom is 0.305 e. The number of hydrogen-bond donors (Lipinski definition) is 1. The van der Waals surface area contributed by atoms with Crippen molar-refractivity contribution in [2.24, 2.45) is 0 Å². The van der Waals surface area contributed by atoms with Gasteiger partial charge in [-0.3, -0.25) is 19.2 Å². The molecule has 4 atom stereocenters. The van der Waals surface area contributed by atoms with Gasteiger partial charge in [-0.1, -0.05) is 48.5 Å². The largest absolute Gasteiger partial charge is 0.456 e. The van der Waals surface area contributed by atoms with Crippen molar-refractivity contribution in [3.8, 4) is 0 Å². The third-order valence-corrected chi connectivity index (χ3v) is 5.93. The molecule has 2 aromatic carbocycles. The van der Waals surface area contributed by atoms with Crippen LogP contribution in [0.4, 0.5) is 0 Å². The first-order valence-corrected chi connectivity index (χ1v) is 11.0. The van der Waals surface area contributed by atoms with E-state index in [1.54, 1.807) is 48.5 Å². The zero-order chi connectivity index (χ0) is 25.3. The first-order valence-electron chi connectivity index (χ1n) is 11.0. The molecule has 182 valence electrons. The Bertz CT molecular complexity index is 1220. The molecule has 0 aromatic heterocycles. The zero-order valence-electron chi connectivity index (χ0n) is 19.7. The lowest BCUT2D eigenvalue weighted by atomic mass is 9.71. The van der Waals surface area contributed by atoms with E-state index in [4.69, 9.17) is 18.9 Å².